The van der Waals surface area contributed by atoms with Gasteiger partial charge < -0.3 is 4.90 Å². The van der Waals surface area contributed by atoms with Crippen LogP contribution in [0.3, 0.4) is 0 Å². The fourth-order valence-corrected chi connectivity index (χ4v) is 3.79. The van der Waals surface area contributed by atoms with Gasteiger partial charge in [0.2, 0.25) is 5.91 Å². The van der Waals surface area contributed by atoms with E-state index in [1.54, 1.807) is 0 Å². The second kappa shape index (κ2) is 6.97. The number of pyridine rings is 1. The van der Waals surface area contributed by atoms with E-state index in [9.17, 15) is 4.79 Å². The molecule has 3 rings (SSSR count). The number of amides is 1. The highest BCUT2D eigenvalue weighted by atomic mass is 16.2. The number of nitrogens with zero attached hydrogens (tertiary/aromatic N) is 4. The molecule has 0 N–H and O–H groups in total. The fraction of sp³-hybridized carbons (Fsp3) is 0.667. The Balaban J connectivity index is 1.59. The van der Waals surface area contributed by atoms with Crippen LogP contribution in [0.1, 0.15) is 32.3 Å². The van der Waals surface area contributed by atoms with Crippen molar-refractivity contribution < 1.29 is 4.79 Å². The first-order valence-corrected chi connectivity index (χ1v) is 8.69. The molecule has 23 heavy (non-hydrogen) atoms. The monoisotopic (exact) mass is 316 g/mol. The maximum atomic E-state index is 12.6. The number of likely N-dealkylation sites (N-methyl/N-ethyl adjacent to an activating group) is 1. The molecule has 0 aliphatic carbocycles. The van der Waals surface area contributed by atoms with Crippen LogP contribution in [0.4, 0.5) is 0 Å². The van der Waals surface area contributed by atoms with Crippen LogP contribution in [0.15, 0.2) is 24.5 Å². The van der Waals surface area contributed by atoms with Crippen LogP contribution >= 0.6 is 0 Å². The van der Waals surface area contributed by atoms with Crippen LogP contribution in [-0.2, 0) is 11.3 Å². The zero-order valence-electron chi connectivity index (χ0n) is 14.5. The van der Waals surface area contributed by atoms with Crippen molar-refractivity contribution in [3.63, 3.8) is 0 Å². The number of fused-ring (bicyclic) bond motifs is 1. The van der Waals surface area contributed by atoms with E-state index < -0.39 is 0 Å². The Hall–Kier alpha value is -1.46. The molecule has 0 unspecified atom stereocenters. The number of hydrogen-bond acceptors (Lipinski definition) is 4. The Bertz CT molecular complexity index is 533. The standard InChI is InChI=1S/C18H28N4O/c1-14(2)20(3)13-18(23)22-10-7-16-17(22)6-9-21(16)12-15-5-4-8-19-11-15/h4-5,8,11,14,16-17H,6-7,9-10,12-13H2,1-3H3/t16-,17+/m0/s1. The average molecular weight is 316 g/mol. The summed E-state index contributed by atoms with van der Waals surface area (Å²) in [6.45, 7) is 7.72. The highest BCUT2D eigenvalue weighted by molar-refractivity contribution is 5.79. The van der Waals surface area contributed by atoms with Gasteiger partial charge in [0.15, 0.2) is 0 Å². The molecule has 0 radical (unpaired) electrons. The largest absolute Gasteiger partial charge is 0.337 e. The van der Waals surface area contributed by atoms with Gasteiger partial charge in [0.05, 0.1) is 6.54 Å². The van der Waals surface area contributed by atoms with Gasteiger partial charge in [0.1, 0.15) is 0 Å². The normalized spacial score (nSPS) is 24.7. The fourth-order valence-electron chi connectivity index (χ4n) is 3.79. The summed E-state index contributed by atoms with van der Waals surface area (Å²) >= 11 is 0. The number of rotatable bonds is 5. The van der Waals surface area contributed by atoms with Gasteiger partial charge in [-0.3, -0.25) is 19.6 Å². The van der Waals surface area contributed by atoms with Gasteiger partial charge in [-0.15, -0.1) is 0 Å². The molecule has 2 aliphatic heterocycles. The summed E-state index contributed by atoms with van der Waals surface area (Å²) in [4.78, 5) is 23.6. The van der Waals surface area contributed by atoms with Crippen molar-refractivity contribution in [2.75, 3.05) is 26.7 Å². The number of carbonyl (C=O) groups is 1. The summed E-state index contributed by atoms with van der Waals surface area (Å²) in [6.07, 6.45) is 5.96. The van der Waals surface area contributed by atoms with Crippen LogP contribution in [0.2, 0.25) is 0 Å². The number of carbonyl (C=O) groups excluding carboxylic acids is 1. The summed E-state index contributed by atoms with van der Waals surface area (Å²) in [7, 11) is 2.03. The molecule has 0 spiro atoms. The van der Waals surface area contributed by atoms with Gasteiger partial charge in [0, 0.05) is 50.2 Å². The molecule has 5 nitrogen and oxygen atoms in total. The highest BCUT2D eigenvalue weighted by Gasteiger charge is 2.44. The van der Waals surface area contributed by atoms with Crippen molar-refractivity contribution >= 4 is 5.91 Å². The second-order valence-corrected chi connectivity index (χ2v) is 7.14. The van der Waals surface area contributed by atoms with E-state index in [0.29, 0.717) is 24.7 Å². The van der Waals surface area contributed by atoms with Crippen molar-refractivity contribution in [3.05, 3.63) is 30.1 Å². The molecule has 0 saturated carbocycles. The van der Waals surface area contributed by atoms with Crippen molar-refractivity contribution in [3.8, 4) is 0 Å². The Labute approximate surface area is 139 Å². The van der Waals surface area contributed by atoms with Crippen molar-refractivity contribution in [2.24, 2.45) is 0 Å². The maximum Gasteiger partial charge on any atom is 0.237 e. The zero-order valence-corrected chi connectivity index (χ0v) is 14.5. The number of hydrogen-bond donors (Lipinski definition) is 0. The molecule has 3 heterocycles. The highest BCUT2D eigenvalue weighted by Crippen LogP contribution is 2.32. The van der Waals surface area contributed by atoms with Crippen LogP contribution in [-0.4, -0.2) is 70.4 Å². The molecule has 5 heteroatoms. The van der Waals surface area contributed by atoms with Gasteiger partial charge in [-0.25, -0.2) is 0 Å². The lowest BCUT2D eigenvalue weighted by Crippen LogP contribution is -2.45. The lowest BCUT2D eigenvalue weighted by atomic mass is 10.1. The summed E-state index contributed by atoms with van der Waals surface area (Å²) < 4.78 is 0. The first-order valence-electron chi connectivity index (χ1n) is 8.69. The Morgan fingerprint density at radius 1 is 1.35 bits per heavy atom. The lowest BCUT2D eigenvalue weighted by molar-refractivity contribution is -0.133. The van der Waals surface area contributed by atoms with Crippen molar-refractivity contribution in [1.29, 1.82) is 0 Å². The van der Waals surface area contributed by atoms with E-state index in [1.165, 1.54) is 5.56 Å². The Morgan fingerprint density at radius 3 is 2.83 bits per heavy atom. The zero-order chi connectivity index (χ0) is 16.4. The van der Waals surface area contributed by atoms with Gasteiger partial charge in [-0.05, 0) is 45.4 Å². The third kappa shape index (κ3) is 3.56. The van der Waals surface area contributed by atoms with Gasteiger partial charge >= 0.3 is 0 Å². The SMILES string of the molecule is CC(C)N(C)CC(=O)N1CC[C@H]2[C@H]1CCN2Cc1cccnc1. The van der Waals surface area contributed by atoms with Crippen LogP contribution < -0.4 is 0 Å². The van der Waals surface area contributed by atoms with Crippen molar-refractivity contribution in [2.45, 2.75) is 51.4 Å². The van der Waals surface area contributed by atoms with Gasteiger partial charge in [0.25, 0.3) is 0 Å². The predicted molar refractivity (Wildman–Crippen MR) is 90.9 cm³/mol. The predicted octanol–water partition coefficient (Wildman–Crippen LogP) is 1.60. The Kier molecular flexibility index (Phi) is 4.97. The molecule has 1 aromatic rings. The minimum Gasteiger partial charge on any atom is -0.337 e. The molecule has 2 fully saturated rings. The Morgan fingerprint density at radius 2 is 2.13 bits per heavy atom. The molecule has 2 saturated heterocycles. The van der Waals surface area contributed by atoms with E-state index in [-0.39, 0.29) is 5.91 Å². The van der Waals surface area contributed by atoms with Crippen LogP contribution in [0.5, 0.6) is 0 Å². The van der Waals surface area contributed by atoms with Gasteiger partial charge in [-0.2, -0.15) is 0 Å². The van der Waals surface area contributed by atoms with E-state index in [2.05, 4.69) is 39.6 Å². The van der Waals surface area contributed by atoms with Crippen molar-refractivity contribution in [1.82, 2.24) is 19.7 Å². The number of likely N-dealkylation sites (tertiary alicyclic amines) is 2. The van der Waals surface area contributed by atoms with E-state index >= 15 is 0 Å². The molecular weight excluding hydrogens is 288 g/mol. The third-order valence-electron chi connectivity index (χ3n) is 5.39. The smallest absolute Gasteiger partial charge is 0.237 e. The van der Waals surface area contributed by atoms with E-state index in [4.69, 9.17) is 0 Å². The summed E-state index contributed by atoms with van der Waals surface area (Å²) in [5.41, 5.74) is 1.26. The second-order valence-electron chi connectivity index (χ2n) is 7.14. The molecule has 2 aliphatic rings. The summed E-state index contributed by atoms with van der Waals surface area (Å²) in [5.74, 6) is 0.289. The first-order chi connectivity index (χ1) is 11.1. The minimum absolute atomic E-state index is 0.289. The minimum atomic E-state index is 0.289. The molecule has 0 bridgehead atoms. The van der Waals surface area contributed by atoms with Crippen LogP contribution in [0.25, 0.3) is 0 Å². The van der Waals surface area contributed by atoms with E-state index in [0.717, 1.165) is 32.5 Å². The summed E-state index contributed by atoms with van der Waals surface area (Å²) in [6, 6.07) is 5.46. The lowest BCUT2D eigenvalue weighted by Gasteiger charge is -2.28. The topological polar surface area (TPSA) is 39.7 Å². The summed E-state index contributed by atoms with van der Waals surface area (Å²) in [5, 5.41) is 0. The molecule has 2 atom stereocenters. The van der Waals surface area contributed by atoms with Crippen LogP contribution in [0, 0.1) is 0 Å². The maximum absolute atomic E-state index is 12.6. The molecule has 0 aromatic carbocycles. The van der Waals surface area contributed by atoms with E-state index in [1.807, 2.05) is 25.5 Å². The average Bonchev–Trinajstić information content (AvgIpc) is 3.11. The first kappa shape index (κ1) is 16.4. The molecule has 126 valence electrons. The number of aromatic nitrogens is 1. The molecule has 1 amide bonds. The van der Waals surface area contributed by atoms with Gasteiger partial charge in [-0.1, -0.05) is 6.07 Å². The molecule has 1 aromatic heterocycles. The third-order valence-corrected chi connectivity index (χ3v) is 5.39. The molecular formula is C18H28N4O. The quantitative estimate of drug-likeness (QED) is 0.827.